The van der Waals surface area contributed by atoms with Gasteiger partial charge in [0.05, 0.1) is 25.3 Å². The van der Waals surface area contributed by atoms with E-state index in [2.05, 4.69) is 27.5 Å². The van der Waals surface area contributed by atoms with Gasteiger partial charge in [-0.25, -0.2) is 4.98 Å². The minimum Gasteiger partial charge on any atom is -0.496 e. The zero-order valence-corrected chi connectivity index (χ0v) is 19.3. The van der Waals surface area contributed by atoms with E-state index in [1.165, 1.54) is 4.88 Å². The Labute approximate surface area is 182 Å². The smallest absolute Gasteiger partial charge is 0.191 e. The van der Waals surface area contributed by atoms with Crippen LogP contribution in [0.1, 0.15) is 22.4 Å². The highest BCUT2D eigenvalue weighted by atomic mass is 127. The minimum absolute atomic E-state index is 0. The summed E-state index contributed by atoms with van der Waals surface area (Å²) in [6.07, 6.45) is 3.91. The van der Waals surface area contributed by atoms with Crippen LogP contribution in [0, 0.1) is 0 Å². The molecule has 0 radical (unpaired) electrons. The van der Waals surface area contributed by atoms with Gasteiger partial charge < -0.3 is 20.1 Å². The van der Waals surface area contributed by atoms with Crippen molar-refractivity contribution in [1.29, 1.82) is 0 Å². The fraction of sp³-hybridized carbons (Fsp3) is 0.474. The second kappa shape index (κ2) is 13.7. The van der Waals surface area contributed by atoms with Crippen LogP contribution in [0.2, 0.25) is 0 Å². The predicted molar refractivity (Wildman–Crippen MR) is 123 cm³/mol. The summed E-state index contributed by atoms with van der Waals surface area (Å²) in [6, 6.07) is 7.88. The maximum atomic E-state index is 5.71. The van der Waals surface area contributed by atoms with Crippen molar-refractivity contribution < 1.29 is 9.47 Å². The summed E-state index contributed by atoms with van der Waals surface area (Å²) in [7, 11) is 3.44. The summed E-state index contributed by atoms with van der Waals surface area (Å²) in [6.45, 7) is 4.76. The Kier molecular flexibility index (Phi) is 12.0. The summed E-state index contributed by atoms with van der Waals surface area (Å²) in [5, 5.41) is 7.71. The molecule has 0 bridgehead atoms. The molecule has 0 spiro atoms. The Morgan fingerprint density at radius 1 is 1.22 bits per heavy atom. The van der Waals surface area contributed by atoms with Gasteiger partial charge in [-0.3, -0.25) is 4.99 Å². The topological polar surface area (TPSA) is 67.8 Å². The van der Waals surface area contributed by atoms with Crippen molar-refractivity contribution in [3.05, 3.63) is 45.9 Å². The van der Waals surface area contributed by atoms with Crippen LogP contribution in [0.3, 0.4) is 0 Å². The molecule has 2 rings (SSSR count). The number of halogens is 1. The SMILES string of the molecule is CCc1cnc(CCNC(=NC)NCCOCc2ccccc2OC)s1.I. The van der Waals surface area contributed by atoms with E-state index in [1.807, 2.05) is 30.5 Å². The average molecular weight is 504 g/mol. The van der Waals surface area contributed by atoms with E-state index < -0.39 is 0 Å². The Balaban J connectivity index is 0.00000364. The van der Waals surface area contributed by atoms with Crippen molar-refractivity contribution >= 4 is 41.3 Å². The summed E-state index contributed by atoms with van der Waals surface area (Å²) >= 11 is 1.78. The molecule has 8 heteroatoms. The number of para-hydroxylation sites is 1. The number of rotatable bonds is 10. The molecule has 0 saturated carbocycles. The number of aryl methyl sites for hydroxylation is 1. The van der Waals surface area contributed by atoms with Gasteiger partial charge in [0.2, 0.25) is 0 Å². The molecule has 1 aromatic carbocycles. The number of thiazole rings is 1. The highest BCUT2D eigenvalue weighted by Gasteiger charge is 2.03. The van der Waals surface area contributed by atoms with Crippen LogP contribution >= 0.6 is 35.3 Å². The number of ether oxygens (including phenoxy) is 2. The Morgan fingerprint density at radius 2 is 2.00 bits per heavy atom. The van der Waals surface area contributed by atoms with E-state index in [0.717, 1.165) is 41.7 Å². The predicted octanol–water partition coefficient (Wildman–Crippen LogP) is 3.26. The van der Waals surface area contributed by atoms with Crippen LogP contribution in [-0.4, -0.2) is 44.8 Å². The fourth-order valence-electron chi connectivity index (χ4n) is 2.38. The van der Waals surface area contributed by atoms with Gasteiger partial charge in [-0.05, 0) is 12.5 Å². The second-order valence-electron chi connectivity index (χ2n) is 5.61. The zero-order valence-electron chi connectivity index (χ0n) is 16.2. The third-order valence-corrected chi connectivity index (χ3v) is 5.00. The summed E-state index contributed by atoms with van der Waals surface area (Å²) in [5.74, 6) is 1.63. The summed E-state index contributed by atoms with van der Waals surface area (Å²) < 4.78 is 11.0. The summed E-state index contributed by atoms with van der Waals surface area (Å²) in [4.78, 5) is 9.98. The highest BCUT2D eigenvalue weighted by Crippen LogP contribution is 2.17. The molecule has 0 aliphatic rings. The molecular weight excluding hydrogens is 475 g/mol. The number of guanidine groups is 1. The second-order valence-corrected chi connectivity index (χ2v) is 6.81. The molecule has 2 aromatic rings. The van der Waals surface area contributed by atoms with Crippen LogP contribution in [0.4, 0.5) is 0 Å². The first-order chi connectivity index (χ1) is 12.8. The Morgan fingerprint density at radius 3 is 2.70 bits per heavy atom. The first kappa shape index (κ1) is 23.6. The van der Waals surface area contributed by atoms with Crippen molar-refractivity contribution in [3.8, 4) is 5.75 Å². The third kappa shape index (κ3) is 8.44. The van der Waals surface area contributed by atoms with Crippen LogP contribution in [-0.2, 0) is 24.2 Å². The maximum Gasteiger partial charge on any atom is 0.191 e. The lowest BCUT2D eigenvalue weighted by atomic mass is 10.2. The molecule has 0 amide bonds. The molecular formula is C19H29IN4O2S. The van der Waals surface area contributed by atoms with Crippen LogP contribution in [0.5, 0.6) is 5.75 Å². The number of aliphatic imine (C=N–C) groups is 1. The molecule has 1 heterocycles. The van der Waals surface area contributed by atoms with Crippen molar-refractivity contribution in [1.82, 2.24) is 15.6 Å². The van der Waals surface area contributed by atoms with Gasteiger partial charge in [0, 0.05) is 43.2 Å². The zero-order chi connectivity index (χ0) is 18.6. The van der Waals surface area contributed by atoms with Gasteiger partial charge in [-0.2, -0.15) is 0 Å². The van der Waals surface area contributed by atoms with Gasteiger partial charge in [-0.15, -0.1) is 35.3 Å². The monoisotopic (exact) mass is 504 g/mol. The average Bonchev–Trinajstić information content (AvgIpc) is 3.14. The number of hydrogen-bond acceptors (Lipinski definition) is 5. The Bertz CT molecular complexity index is 694. The van der Waals surface area contributed by atoms with Gasteiger partial charge in [0.1, 0.15) is 5.75 Å². The van der Waals surface area contributed by atoms with Gasteiger partial charge in [0.25, 0.3) is 0 Å². The van der Waals surface area contributed by atoms with Crippen LogP contribution in [0.25, 0.3) is 0 Å². The molecule has 0 atom stereocenters. The molecule has 27 heavy (non-hydrogen) atoms. The number of aromatic nitrogens is 1. The molecule has 0 fully saturated rings. The number of hydrogen-bond donors (Lipinski definition) is 2. The molecule has 0 saturated heterocycles. The van der Waals surface area contributed by atoms with Gasteiger partial charge >= 0.3 is 0 Å². The van der Waals surface area contributed by atoms with Gasteiger partial charge in [-0.1, -0.05) is 25.1 Å². The molecule has 2 N–H and O–H groups in total. The normalized spacial score (nSPS) is 11.0. The van der Waals surface area contributed by atoms with E-state index in [9.17, 15) is 0 Å². The summed E-state index contributed by atoms with van der Waals surface area (Å²) in [5.41, 5.74) is 1.05. The van der Waals surface area contributed by atoms with Gasteiger partial charge in [0.15, 0.2) is 5.96 Å². The first-order valence-electron chi connectivity index (χ1n) is 8.84. The Hall–Kier alpha value is -1.39. The van der Waals surface area contributed by atoms with Crippen molar-refractivity contribution in [2.75, 3.05) is 33.9 Å². The van der Waals surface area contributed by atoms with E-state index in [-0.39, 0.29) is 24.0 Å². The maximum absolute atomic E-state index is 5.71. The molecule has 0 aliphatic heterocycles. The lowest BCUT2D eigenvalue weighted by molar-refractivity contribution is 0.123. The van der Waals surface area contributed by atoms with Crippen molar-refractivity contribution in [2.24, 2.45) is 4.99 Å². The number of nitrogens with one attached hydrogen (secondary N) is 2. The number of methoxy groups -OCH3 is 1. The molecule has 0 aliphatic carbocycles. The van der Waals surface area contributed by atoms with Crippen molar-refractivity contribution in [2.45, 2.75) is 26.4 Å². The van der Waals surface area contributed by atoms with E-state index in [4.69, 9.17) is 9.47 Å². The molecule has 150 valence electrons. The van der Waals surface area contributed by atoms with E-state index in [1.54, 1.807) is 25.5 Å². The third-order valence-electron chi connectivity index (χ3n) is 3.79. The van der Waals surface area contributed by atoms with Crippen molar-refractivity contribution in [3.63, 3.8) is 0 Å². The minimum atomic E-state index is 0. The lowest BCUT2D eigenvalue weighted by Gasteiger charge is -2.12. The highest BCUT2D eigenvalue weighted by molar-refractivity contribution is 14.0. The standard InChI is InChI=1S/C19H28N4O2S.HI/c1-4-16-13-23-18(26-16)9-10-21-19(20-2)22-11-12-25-14-15-7-5-6-8-17(15)24-3;/h5-8,13H,4,9-12,14H2,1-3H3,(H2,20,21,22);1H. The van der Waals surface area contributed by atoms with Crippen LogP contribution in [0.15, 0.2) is 35.5 Å². The quantitative estimate of drug-likeness (QED) is 0.225. The largest absolute Gasteiger partial charge is 0.496 e. The lowest BCUT2D eigenvalue weighted by Crippen LogP contribution is -2.39. The fourth-order valence-corrected chi connectivity index (χ4v) is 3.24. The van der Waals surface area contributed by atoms with E-state index >= 15 is 0 Å². The molecule has 0 unspecified atom stereocenters. The first-order valence-corrected chi connectivity index (χ1v) is 9.66. The molecule has 1 aromatic heterocycles. The molecule has 6 nitrogen and oxygen atoms in total. The number of benzene rings is 1. The van der Waals surface area contributed by atoms with Crippen LogP contribution < -0.4 is 15.4 Å². The number of nitrogens with zero attached hydrogens (tertiary/aromatic N) is 2. The van der Waals surface area contributed by atoms with E-state index in [0.29, 0.717) is 19.8 Å².